The SMILES string of the molecule is C=CC(CC(C)C)C(O)c1ccccc1. The first-order chi connectivity index (χ1) is 7.15. The highest BCUT2D eigenvalue weighted by atomic mass is 16.3. The summed E-state index contributed by atoms with van der Waals surface area (Å²) < 4.78 is 0. The molecule has 0 saturated carbocycles. The number of benzene rings is 1. The van der Waals surface area contributed by atoms with Gasteiger partial charge >= 0.3 is 0 Å². The fourth-order valence-corrected chi connectivity index (χ4v) is 1.80. The first kappa shape index (κ1) is 12.0. The number of hydrogen-bond acceptors (Lipinski definition) is 1. The van der Waals surface area contributed by atoms with Gasteiger partial charge in [0.2, 0.25) is 0 Å². The molecule has 1 aromatic carbocycles. The first-order valence-corrected chi connectivity index (χ1v) is 5.50. The molecule has 82 valence electrons. The number of rotatable bonds is 5. The topological polar surface area (TPSA) is 20.2 Å². The third kappa shape index (κ3) is 3.52. The maximum absolute atomic E-state index is 10.2. The highest BCUT2D eigenvalue weighted by molar-refractivity contribution is 5.19. The van der Waals surface area contributed by atoms with E-state index in [1.807, 2.05) is 36.4 Å². The van der Waals surface area contributed by atoms with Gasteiger partial charge in [0.15, 0.2) is 0 Å². The lowest BCUT2D eigenvalue weighted by Gasteiger charge is -2.21. The molecule has 0 fully saturated rings. The zero-order valence-corrected chi connectivity index (χ0v) is 9.56. The van der Waals surface area contributed by atoms with Crippen molar-refractivity contribution in [3.8, 4) is 0 Å². The molecule has 2 atom stereocenters. The summed E-state index contributed by atoms with van der Waals surface area (Å²) in [5.74, 6) is 0.721. The summed E-state index contributed by atoms with van der Waals surface area (Å²) >= 11 is 0. The Kier molecular flexibility index (Phi) is 4.57. The summed E-state index contributed by atoms with van der Waals surface area (Å²) in [6.07, 6.45) is 2.41. The molecule has 1 heteroatoms. The molecular weight excluding hydrogens is 184 g/mol. The highest BCUT2D eigenvalue weighted by Gasteiger charge is 2.18. The largest absolute Gasteiger partial charge is 0.388 e. The van der Waals surface area contributed by atoms with Gasteiger partial charge in [-0.2, -0.15) is 0 Å². The van der Waals surface area contributed by atoms with Gasteiger partial charge < -0.3 is 5.11 Å². The van der Waals surface area contributed by atoms with Crippen molar-refractivity contribution in [2.24, 2.45) is 11.8 Å². The Balaban J connectivity index is 2.73. The summed E-state index contributed by atoms with van der Waals surface area (Å²) in [6, 6.07) is 9.78. The third-order valence-electron chi connectivity index (χ3n) is 2.59. The number of aliphatic hydroxyl groups is 1. The molecule has 0 aliphatic rings. The molecule has 2 unspecified atom stereocenters. The molecule has 1 rings (SSSR count). The van der Waals surface area contributed by atoms with E-state index >= 15 is 0 Å². The third-order valence-corrected chi connectivity index (χ3v) is 2.59. The Hall–Kier alpha value is -1.08. The van der Waals surface area contributed by atoms with Crippen molar-refractivity contribution in [1.82, 2.24) is 0 Å². The molecule has 15 heavy (non-hydrogen) atoms. The van der Waals surface area contributed by atoms with Gasteiger partial charge in [-0.05, 0) is 17.9 Å². The van der Waals surface area contributed by atoms with E-state index < -0.39 is 6.10 Å². The van der Waals surface area contributed by atoms with Gasteiger partial charge in [0, 0.05) is 5.92 Å². The molecular formula is C14H20O. The van der Waals surface area contributed by atoms with Crippen LogP contribution in [0.15, 0.2) is 43.0 Å². The zero-order valence-electron chi connectivity index (χ0n) is 9.56. The van der Waals surface area contributed by atoms with Crippen LogP contribution < -0.4 is 0 Å². The molecule has 1 nitrogen and oxygen atoms in total. The monoisotopic (exact) mass is 204 g/mol. The Morgan fingerprint density at radius 2 is 1.87 bits per heavy atom. The van der Waals surface area contributed by atoms with Crippen LogP contribution in [0.3, 0.4) is 0 Å². The minimum absolute atomic E-state index is 0.146. The zero-order chi connectivity index (χ0) is 11.3. The molecule has 0 aliphatic heterocycles. The van der Waals surface area contributed by atoms with Crippen molar-refractivity contribution in [3.05, 3.63) is 48.6 Å². The minimum Gasteiger partial charge on any atom is -0.388 e. The van der Waals surface area contributed by atoms with Crippen molar-refractivity contribution in [1.29, 1.82) is 0 Å². The van der Waals surface area contributed by atoms with E-state index in [9.17, 15) is 5.11 Å². The van der Waals surface area contributed by atoms with Gasteiger partial charge in [-0.1, -0.05) is 50.3 Å². The minimum atomic E-state index is -0.425. The maximum Gasteiger partial charge on any atom is 0.0852 e. The molecule has 0 spiro atoms. The summed E-state index contributed by atoms with van der Waals surface area (Å²) in [5.41, 5.74) is 0.975. The van der Waals surface area contributed by atoms with E-state index in [0.717, 1.165) is 12.0 Å². The fourth-order valence-electron chi connectivity index (χ4n) is 1.80. The predicted octanol–water partition coefficient (Wildman–Crippen LogP) is 3.57. The summed E-state index contributed by atoms with van der Waals surface area (Å²) in [5, 5.41) is 10.2. The standard InChI is InChI=1S/C14H20O/c1-4-12(10-11(2)3)14(15)13-8-6-5-7-9-13/h4-9,11-12,14-15H,1,10H2,2-3H3. The summed E-state index contributed by atoms with van der Waals surface area (Å²) in [6.45, 7) is 8.12. The van der Waals surface area contributed by atoms with Crippen LogP contribution in [0.4, 0.5) is 0 Å². The second-order valence-electron chi connectivity index (χ2n) is 4.38. The summed E-state index contributed by atoms with van der Waals surface area (Å²) in [4.78, 5) is 0. The Labute approximate surface area is 92.5 Å². The molecule has 0 heterocycles. The van der Waals surface area contributed by atoms with E-state index in [-0.39, 0.29) is 5.92 Å². The van der Waals surface area contributed by atoms with Crippen molar-refractivity contribution >= 4 is 0 Å². The first-order valence-electron chi connectivity index (χ1n) is 5.50. The smallest absolute Gasteiger partial charge is 0.0852 e. The van der Waals surface area contributed by atoms with Gasteiger partial charge in [0.25, 0.3) is 0 Å². The fraction of sp³-hybridized carbons (Fsp3) is 0.429. The van der Waals surface area contributed by atoms with Crippen LogP contribution >= 0.6 is 0 Å². The van der Waals surface area contributed by atoms with Crippen molar-refractivity contribution < 1.29 is 5.11 Å². The predicted molar refractivity (Wildman–Crippen MR) is 64.5 cm³/mol. The lowest BCUT2D eigenvalue weighted by atomic mass is 9.88. The number of aliphatic hydroxyl groups excluding tert-OH is 1. The van der Waals surface area contributed by atoms with Crippen LogP contribution in [-0.4, -0.2) is 5.11 Å². The van der Waals surface area contributed by atoms with Crippen molar-refractivity contribution in [2.75, 3.05) is 0 Å². The lowest BCUT2D eigenvalue weighted by molar-refractivity contribution is 0.120. The lowest BCUT2D eigenvalue weighted by Crippen LogP contribution is -2.12. The molecule has 0 amide bonds. The van der Waals surface area contributed by atoms with Gasteiger partial charge in [0.1, 0.15) is 0 Å². The van der Waals surface area contributed by atoms with E-state index in [1.165, 1.54) is 0 Å². The van der Waals surface area contributed by atoms with Crippen LogP contribution in [0, 0.1) is 11.8 Å². The average Bonchev–Trinajstić information content (AvgIpc) is 2.26. The molecule has 0 aromatic heterocycles. The Morgan fingerprint density at radius 1 is 1.27 bits per heavy atom. The van der Waals surface area contributed by atoms with Crippen LogP contribution in [-0.2, 0) is 0 Å². The maximum atomic E-state index is 10.2. The van der Waals surface area contributed by atoms with Crippen LogP contribution in [0.25, 0.3) is 0 Å². The van der Waals surface area contributed by atoms with Gasteiger partial charge in [0.05, 0.1) is 6.10 Å². The molecule has 1 aromatic rings. The highest BCUT2D eigenvalue weighted by Crippen LogP contribution is 2.27. The van der Waals surface area contributed by atoms with Crippen molar-refractivity contribution in [3.63, 3.8) is 0 Å². The van der Waals surface area contributed by atoms with Gasteiger partial charge in [-0.25, -0.2) is 0 Å². The van der Waals surface area contributed by atoms with Crippen LogP contribution in [0.5, 0.6) is 0 Å². The molecule has 1 N–H and O–H groups in total. The van der Waals surface area contributed by atoms with E-state index in [2.05, 4.69) is 20.4 Å². The second-order valence-corrected chi connectivity index (χ2v) is 4.38. The average molecular weight is 204 g/mol. The molecule has 0 bridgehead atoms. The normalized spacial score (nSPS) is 14.9. The van der Waals surface area contributed by atoms with Crippen molar-refractivity contribution in [2.45, 2.75) is 26.4 Å². The number of hydrogen-bond donors (Lipinski definition) is 1. The Bertz CT molecular complexity index is 289. The molecule has 0 aliphatic carbocycles. The summed E-state index contributed by atoms with van der Waals surface area (Å²) in [7, 11) is 0. The van der Waals surface area contributed by atoms with Crippen LogP contribution in [0.1, 0.15) is 31.9 Å². The molecule has 0 radical (unpaired) electrons. The van der Waals surface area contributed by atoms with E-state index in [4.69, 9.17) is 0 Å². The quantitative estimate of drug-likeness (QED) is 0.727. The second kappa shape index (κ2) is 5.72. The van der Waals surface area contributed by atoms with E-state index in [1.54, 1.807) is 0 Å². The van der Waals surface area contributed by atoms with Crippen LogP contribution in [0.2, 0.25) is 0 Å². The van der Waals surface area contributed by atoms with E-state index in [0.29, 0.717) is 5.92 Å². The van der Waals surface area contributed by atoms with Gasteiger partial charge in [-0.3, -0.25) is 0 Å². The van der Waals surface area contributed by atoms with Gasteiger partial charge in [-0.15, -0.1) is 6.58 Å². The Morgan fingerprint density at radius 3 is 2.33 bits per heavy atom. The molecule has 0 saturated heterocycles.